The zero-order valence-electron chi connectivity index (χ0n) is 18.4. The smallest absolute Gasteiger partial charge is 0.261 e. The quantitative estimate of drug-likeness (QED) is 0.342. The van der Waals surface area contributed by atoms with Crippen LogP contribution in [0.25, 0.3) is 33.4 Å². The van der Waals surface area contributed by atoms with E-state index < -0.39 is 0 Å². The molecule has 5 aromatic rings. The predicted octanol–water partition coefficient (Wildman–Crippen LogP) is 5.40. The van der Waals surface area contributed by atoms with Crippen molar-refractivity contribution in [3.8, 4) is 22.5 Å². The molecule has 0 atom stereocenters. The average molecular weight is 470 g/mol. The van der Waals surface area contributed by atoms with E-state index in [0.29, 0.717) is 40.1 Å². The van der Waals surface area contributed by atoms with Crippen molar-refractivity contribution in [3.63, 3.8) is 0 Å². The Morgan fingerprint density at radius 3 is 2.65 bits per heavy atom. The molecule has 1 aliphatic rings. The molecule has 2 aromatic carbocycles. The second-order valence-electron chi connectivity index (χ2n) is 8.56. The van der Waals surface area contributed by atoms with Crippen LogP contribution in [0, 0.1) is 6.92 Å². The number of benzene rings is 2. The number of rotatable bonds is 5. The molecular weight excluding hydrogens is 450 g/mol. The molecule has 0 saturated heterocycles. The first kappa shape index (κ1) is 20.7. The SMILES string of the molecule is Cc1nc(-c2ccc(-c3ccc4nc(C5CC5)n(Cc5cccnc5)c(=O)c4c3)c(Cl)c2)no1. The van der Waals surface area contributed by atoms with Crippen LogP contribution in [0.15, 0.2) is 70.2 Å². The zero-order valence-corrected chi connectivity index (χ0v) is 19.2. The molecule has 3 aromatic heterocycles. The maximum Gasteiger partial charge on any atom is 0.261 e. The Labute approximate surface area is 200 Å². The van der Waals surface area contributed by atoms with Crippen molar-refractivity contribution in [1.82, 2.24) is 24.7 Å². The van der Waals surface area contributed by atoms with E-state index in [9.17, 15) is 4.79 Å². The van der Waals surface area contributed by atoms with E-state index in [4.69, 9.17) is 21.1 Å². The highest BCUT2D eigenvalue weighted by molar-refractivity contribution is 6.33. The summed E-state index contributed by atoms with van der Waals surface area (Å²) in [5, 5.41) is 5.06. The molecule has 0 bridgehead atoms. The standard InChI is InChI=1S/C26H20ClN5O2/c1-15-29-24(31-34-15)19-6-8-20(22(27)12-19)18-7-9-23-21(11-18)26(33)32(25(30-23)17-4-5-17)14-16-3-2-10-28-13-16/h2-3,6-13,17H,4-5,14H2,1H3. The third-order valence-electron chi connectivity index (χ3n) is 6.06. The van der Waals surface area contributed by atoms with Gasteiger partial charge in [-0.1, -0.05) is 41.0 Å². The maximum absolute atomic E-state index is 13.6. The van der Waals surface area contributed by atoms with E-state index in [0.717, 1.165) is 40.9 Å². The summed E-state index contributed by atoms with van der Waals surface area (Å²) in [5.74, 6) is 2.17. The second kappa shape index (κ2) is 8.18. The van der Waals surface area contributed by atoms with Gasteiger partial charge in [0.25, 0.3) is 5.56 Å². The maximum atomic E-state index is 13.6. The summed E-state index contributed by atoms with van der Waals surface area (Å²) >= 11 is 6.63. The number of nitrogens with zero attached hydrogens (tertiary/aromatic N) is 5. The number of pyridine rings is 1. The minimum Gasteiger partial charge on any atom is -0.339 e. The molecule has 0 radical (unpaired) electrons. The number of halogens is 1. The van der Waals surface area contributed by atoms with Crippen LogP contribution in [0.5, 0.6) is 0 Å². The van der Waals surface area contributed by atoms with Crippen molar-refractivity contribution in [1.29, 1.82) is 0 Å². The summed E-state index contributed by atoms with van der Waals surface area (Å²) in [6.07, 6.45) is 5.64. The Kier molecular flexibility index (Phi) is 4.99. The van der Waals surface area contributed by atoms with Crippen LogP contribution in [0.1, 0.15) is 36.0 Å². The Morgan fingerprint density at radius 1 is 1.09 bits per heavy atom. The van der Waals surface area contributed by atoms with E-state index in [2.05, 4.69) is 15.1 Å². The van der Waals surface area contributed by atoms with E-state index in [1.54, 1.807) is 30.0 Å². The molecule has 0 amide bonds. The Balaban J connectivity index is 1.44. The monoisotopic (exact) mass is 469 g/mol. The molecule has 1 saturated carbocycles. The van der Waals surface area contributed by atoms with Crippen LogP contribution < -0.4 is 5.56 Å². The molecule has 0 unspecified atom stereocenters. The van der Waals surface area contributed by atoms with Crippen molar-refractivity contribution < 1.29 is 4.52 Å². The average Bonchev–Trinajstić information content (AvgIpc) is 3.61. The molecular formula is C26H20ClN5O2. The fraction of sp³-hybridized carbons (Fsp3) is 0.192. The Morgan fingerprint density at radius 2 is 1.94 bits per heavy atom. The van der Waals surface area contributed by atoms with Gasteiger partial charge in [-0.3, -0.25) is 14.3 Å². The van der Waals surface area contributed by atoms with Crippen LogP contribution in [0.3, 0.4) is 0 Å². The molecule has 7 nitrogen and oxygen atoms in total. The third-order valence-corrected chi connectivity index (χ3v) is 6.37. The van der Waals surface area contributed by atoms with E-state index in [-0.39, 0.29) is 5.56 Å². The molecule has 0 aliphatic heterocycles. The van der Waals surface area contributed by atoms with Gasteiger partial charge < -0.3 is 4.52 Å². The van der Waals surface area contributed by atoms with Crippen LogP contribution >= 0.6 is 11.6 Å². The fourth-order valence-electron chi connectivity index (χ4n) is 4.19. The highest BCUT2D eigenvalue weighted by Crippen LogP contribution is 2.39. The molecule has 0 N–H and O–H groups in total. The molecule has 1 aliphatic carbocycles. The zero-order chi connectivity index (χ0) is 23.2. The molecule has 3 heterocycles. The molecule has 1 fully saturated rings. The highest BCUT2D eigenvalue weighted by atomic mass is 35.5. The van der Waals surface area contributed by atoms with Gasteiger partial charge in [0.2, 0.25) is 11.7 Å². The van der Waals surface area contributed by atoms with Gasteiger partial charge in [0.05, 0.1) is 17.4 Å². The predicted molar refractivity (Wildman–Crippen MR) is 130 cm³/mol. The normalized spacial score (nSPS) is 13.5. The molecule has 8 heteroatoms. The minimum atomic E-state index is -0.0485. The minimum absolute atomic E-state index is 0.0485. The summed E-state index contributed by atoms with van der Waals surface area (Å²) in [6, 6.07) is 15.2. The second-order valence-corrected chi connectivity index (χ2v) is 8.97. The Hall–Kier alpha value is -3.84. The number of hydrogen-bond donors (Lipinski definition) is 0. The van der Waals surface area contributed by atoms with Crippen molar-refractivity contribution in [2.75, 3.05) is 0 Å². The van der Waals surface area contributed by atoms with Crippen molar-refractivity contribution in [3.05, 3.63) is 93.6 Å². The number of hydrogen-bond acceptors (Lipinski definition) is 6. The van der Waals surface area contributed by atoms with Gasteiger partial charge >= 0.3 is 0 Å². The van der Waals surface area contributed by atoms with E-state index in [1.165, 1.54) is 0 Å². The molecule has 168 valence electrons. The molecule has 6 rings (SSSR count). The van der Waals surface area contributed by atoms with Gasteiger partial charge in [-0.2, -0.15) is 4.98 Å². The number of aryl methyl sites for hydroxylation is 1. The topological polar surface area (TPSA) is 86.7 Å². The largest absolute Gasteiger partial charge is 0.339 e. The van der Waals surface area contributed by atoms with Crippen molar-refractivity contribution in [2.45, 2.75) is 32.2 Å². The van der Waals surface area contributed by atoms with Crippen molar-refractivity contribution in [2.24, 2.45) is 0 Å². The summed E-state index contributed by atoms with van der Waals surface area (Å²) < 4.78 is 6.86. The van der Waals surface area contributed by atoms with Crippen LogP contribution in [0.2, 0.25) is 5.02 Å². The van der Waals surface area contributed by atoms with Crippen LogP contribution in [-0.4, -0.2) is 24.7 Å². The van der Waals surface area contributed by atoms with Gasteiger partial charge in [-0.25, -0.2) is 4.98 Å². The van der Waals surface area contributed by atoms with Gasteiger partial charge in [0, 0.05) is 41.4 Å². The van der Waals surface area contributed by atoms with E-state index >= 15 is 0 Å². The molecule has 34 heavy (non-hydrogen) atoms. The van der Waals surface area contributed by atoms with Gasteiger partial charge in [-0.05, 0) is 48.2 Å². The third kappa shape index (κ3) is 3.78. The van der Waals surface area contributed by atoms with Crippen LogP contribution in [0.4, 0.5) is 0 Å². The fourth-order valence-corrected chi connectivity index (χ4v) is 4.48. The lowest BCUT2D eigenvalue weighted by Gasteiger charge is -2.14. The molecule has 0 spiro atoms. The lowest BCUT2D eigenvalue weighted by molar-refractivity contribution is 0.394. The number of aromatic nitrogens is 5. The first-order valence-corrected chi connectivity index (χ1v) is 11.5. The lowest BCUT2D eigenvalue weighted by Crippen LogP contribution is -2.25. The summed E-state index contributed by atoms with van der Waals surface area (Å²) in [7, 11) is 0. The highest BCUT2D eigenvalue weighted by Gasteiger charge is 2.29. The summed E-state index contributed by atoms with van der Waals surface area (Å²) in [5.41, 5.74) is 4.05. The van der Waals surface area contributed by atoms with Gasteiger partial charge in [-0.15, -0.1) is 0 Å². The van der Waals surface area contributed by atoms with Gasteiger partial charge in [0.15, 0.2) is 0 Å². The first-order chi connectivity index (χ1) is 16.6. The van der Waals surface area contributed by atoms with Crippen molar-refractivity contribution >= 4 is 22.5 Å². The van der Waals surface area contributed by atoms with E-state index in [1.807, 2.05) is 42.5 Å². The summed E-state index contributed by atoms with van der Waals surface area (Å²) in [6.45, 7) is 2.19. The first-order valence-electron chi connectivity index (χ1n) is 11.1. The summed E-state index contributed by atoms with van der Waals surface area (Å²) in [4.78, 5) is 27.0. The number of fused-ring (bicyclic) bond motifs is 1. The lowest BCUT2D eigenvalue weighted by atomic mass is 10.0. The van der Waals surface area contributed by atoms with Gasteiger partial charge in [0.1, 0.15) is 5.82 Å². The van der Waals surface area contributed by atoms with Crippen LogP contribution in [-0.2, 0) is 6.54 Å². The Bertz CT molecular complexity index is 1590.